The van der Waals surface area contributed by atoms with Gasteiger partial charge in [-0.3, -0.25) is 4.79 Å². The molecule has 1 saturated heterocycles. The van der Waals surface area contributed by atoms with Crippen LogP contribution in [0.25, 0.3) is 5.95 Å². The molecule has 6 nitrogen and oxygen atoms in total. The van der Waals surface area contributed by atoms with Crippen molar-refractivity contribution in [3.63, 3.8) is 0 Å². The van der Waals surface area contributed by atoms with Gasteiger partial charge in [-0.05, 0) is 40.2 Å². The van der Waals surface area contributed by atoms with Crippen LogP contribution in [-0.4, -0.2) is 43.6 Å². The minimum atomic E-state index is 0.179. The zero-order chi connectivity index (χ0) is 15.9. The van der Waals surface area contributed by atoms with E-state index in [1.165, 1.54) is 0 Å². The minimum Gasteiger partial charge on any atom is -0.342 e. The van der Waals surface area contributed by atoms with Crippen molar-refractivity contribution in [2.24, 2.45) is 0 Å². The molecule has 22 heavy (non-hydrogen) atoms. The van der Waals surface area contributed by atoms with E-state index in [0.29, 0.717) is 12.4 Å². The van der Waals surface area contributed by atoms with Crippen LogP contribution in [0.15, 0.2) is 6.07 Å². The van der Waals surface area contributed by atoms with Gasteiger partial charge in [0.2, 0.25) is 5.91 Å². The molecular formula is C16H21N5O. The SMILES string of the molecule is Cc1cc(C)nc(-n2nc(C)c(CC(=O)N3CCC3)c2C)n1. The maximum atomic E-state index is 12.2. The second-order valence-electron chi connectivity index (χ2n) is 5.92. The normalized spacial score (nSPS) is 14.1. The Labute approximate surface area is 130 Å². The molecule has 3 heterocycles. The van der Waals surface area contributed by atoms with Crippen LogP contribution < -0.4 is 0 Å². The monoisotopic (exact) mass is 299 g/mol. The van der Waals surface area contributed by atoms with Crippen molar-refractivity contribution in [1.82, 2.24) is 24.6 Å². The third-order valence-corrected chi connectivity index (χ3v) is 4.14. The summed E-state index contributed by atoms with van der Waals surface area (Å²) in [7, 11) is 0. The summed E-state index contributed by atoms with van der Waals surface area (Å²) >= 11 is 0. The lowest BCUT2D eigenvalue weighted by Gasteiger charge is -2.30. The molecule has 0 aliphatic carbocycles. The van der Waals surface area contributed by atoms with E-state index in [4.69, 9.17) is 0 Å². The molecule has 1 aliphatic rings. The number of amides is 1. The summed E-state index contributed by atoms with van der Waals surface area (Å²) in [5, 5.41) is 4.54. The van der Waals surface area contributed by atoms with Gasteiger partial charge in [-0.25, -0.2) is 14.6 Å². The molecule has 0 spiro atoms. The molecule has 0 aromatic carbocycles. The van der Waals surface area contributed by atoms with E-state index in [1.54, 1.807) is 4.68 Å². The fourth-order valence-corrected chi connectivity index (χ4v) is 2.76. The smallest absolute Gasteiger partial charge is 0.251 e. The van der Waals surface area contributed by atoms with Gasteiger partial charge in [-0.2, -0.15) is 5.10 Å². The van der Waals surface area contributed by atoms with Gasteiger partial charge in [0.25, 0.3) is 5.95 Å². The van der Waals surface area contributed by atoms with Crippen molar-refractivity contribution >= 4 is 5.91 Å². The van der Waals surface area contributed by atoms with Gasteiger partial charge in [0.15, 0.2) is 0 Å². The summed E-state index contributed by atoms with van der Waals surface area (Å²) in [4.78, 5) is 23.0. The van der Waals surface area contributed by atoms with Gasteiger partial charge in [-0.15, -0.1) is 0 Å². The highest BCUT2D eigenvalue weighted by Crippen LogP contribution is 2.19. The Bertz CT molecular complexity index is 710. The topological polar surface area (TPSA) is 63.9 Å². The van der Waals surface area contributed by atoms with Crippen molar-refractivity contribution < 1.29 is 4.79 Å². The largest absolute Gasteiger partial charge is 0.342 e. The number of aromatic nitrogens is 4. The molecule has 1 amide bonds. The first-order chi connectivity index (χ1) is 10.5. The van der Waals surface area contributed by atoms with Crippen molar-refractivity contribution in [2.45, 2.75) is 40.5 Å². The molecule has 3 rings (SSSR count). The maximum absolute atomic E-state index is 12.2. The second kappa shape index (κ2) is 5.51. The maximum Gasteiger partial charge on any atom is 0.251 e. The first kappa shape index (κ1) is 14.7. The van der Waals surface area contributed by atoms with E-state index in [-0.39, 0.29) is 5.91 Å². The Balaban J connectivity index is 1.93. The summed E-state index contributed by atoms with van der Waals surface area (Å²) < 4.78 is 1.74. The highest BCUT2D eigenvalue weighted by atomic mass is 16.2. The number of nitrogens with zero attached hydrogens (tertiary/aromatic N) is 5. The highest BCUT2D eigenvalue weighted by molar-refractivity contribution is 5.80. The predicted molar refractivity (Wildman–Crippen MR) is 83.0 cm³/mol. The fraction of sp³-hybridized carbons (Fsp3) is 0.500. The van der Waals surface area contributed by atoms with Crippen LogP contribution in [-0.2, 0) is 11.2 Å². The number of hydrogen-bond acceptors (Lipinski definition) is 4. The number of likely N-dealkylation sites (tertiary alicyclic amines) is 1. The summed E-state index contributed by atoms with van der Waals surface area (Å²) in [6.07, 6.45) is 1.52. The third kappa shape index (κ3) is 2.61. The first-order valence-electron chi connectivity index (χ1n) is 7.61. The van der Waals surface area contributed by atoms with Crippen molar-refractivity contribution in [3.05, 3.63) is 34.4 Å². The highest BCUT2D eigenvalue weighted by Gasteiger charge is 2.23. The standard InChI is InChI=1S/C16H21N5O/c1-10-8-11(2)18-16(17-10)21-13(4)14(12(3)19-21)9-15(22)20-6-5-7-20/h8H,5-7,9H2,1-4H3. The van der Waals surface area contributed by atoms with Crippen LogP contribution in [0.3, 0.4) is 0 Å². The number of hydrogen-bond donors (Lipinski definition) is 0. The van der Waals surface area contributed by atoms with Gasteiger partial charge in [-0.1, -0.05) is 0 Å². The third-order valence-electron chi connectivity index (χ3n) is 4.14. The van der Waals surface area contributed by atoms with Crippen LogP contribution in [0.5, 0.6) is 0 Å². The zero-order valence-corrected chi connectivity index (χ0v) is 13.6. The lowest BCUT2D eigenvalue weighted by Crippen LogP contribution is -2.42. The van der Waals surface area contributed by atoms with E-state index in [0.717, 1.165) is 47.8 Å². The Morgan fingerprint density at radius 3 is 2.32 bits per heavy atom. The lowest BCUT2D eigenvalue weighted by atomic mass is 10.1. The predicted octanol–water partition coefficient (Wildman–Crippen LogP) is 1.67. The number of carbonyl (C=O) groups excluding carboxylic acids is 1. The van der Waals surface area contributed by atoms with Gasteiger partial charge >= 0.3 is 0 Å². The molecule has 0 N–H and O–H groups in total. The molecule has 1 fully saturated rings. The molecular weight excluding hydrogens is 278 g/mol. The average molecular weight is 299 g/mol. The van der Waals surface area contributed by atoms with Crippen LogP contribution >= 0.6 is 0 Å². The molecule has 0 radical (unpaired) electrons. The molecule has 1 aliphatic heterocycles. The summed E-state index contributed by atoms with van der Waals surface area (Å²) in [5.74, 6) is 0.749. The van der Waals surface area contributed by atoms with Crippen LogP contribution in [0.1, 0.15) is 34.8 Å². The number of aryl methyl sites for hydroxylation is 3. The van der Waals surface area contributed by atoms with Gasteiger partial charge in [0.1, 0.15) is 0 Å². The van der Waals surface area contributed by atoms with Gasteiger partial charge < -0.3 is 4.90 Å². The zero-order valence-electron chi connectivity index (χ0n) is 13.6. The van der Waals surface area contributed by atoms with E-state index >= 15 is 0 Å². The van der Waals surface area contributed by atoms with Crippen molar-refractivity contribution in [3.8, 4) is 5.95 Å². The lowest BCUT2D eigenvalue weighted by molar-refractivity contribution is -0.133. The Morgan fingerprint density at radius 2 is 1.77 bits per heavy atom. The summed E-state index contributed by atoms with van der Waals surface area (Å²) in [6.45, 7) is 9.55. The number of carbonyl (C=O) groups is 1. The Morgan fingerprint density at radius 1 is 1.14 bits per heavy atom. The van der Waals surface area contributed by atoms with Gasteiger partial charge in [0.05, 0.1) is 12.1 Å². The van der Waals surface area contributed by atoms with E-state index < -0.39 is 0 Å². The quantitative estimate of drug-likeness (QED) is 0.865. The molecule has 2 aromatic rings. The molecule has 6 heteroatoms. The van der Waals surface area contributed by atoms with E-state index in [2.05, 4.69) is 15.1 Å². The molecule has 0 bridgehead atoms. The molecule has 0 atom stereocenters. The summed E-state index contributed by atoms with van der Waals surface area (Å²) in [6, 6.07) is 1.93. The minimum absolute atomic E-state index is 0.179. The molecule has 0 unspecified atom stereocenters. The Hall–Kier alpha value is -2.24. The van der Waals surface area contributed by atoms with E-state index in [9.17, 15) is 4.79 Å². The molecule has 116 valence electrons. The van der Waals surface area contributed by atoms with Crippen molar-refractivity contribution in [1.29, 1.82) is 0 Å². The fourth-order valence-electron chi connectivity index (χ4n) is 2.76. The summed E-state index contributed by atoms with van der Waals surface area (Å²) in [5.41, 5.74) is 4.62. The first-order valence-corrected chi connectivity index (χ1v) is 7.61. The Kier molecular flexibility index (Phi) is 3.68. The van der Waals surface area contributed by atoms with Crippen LogP contribution in [0.2, 0.25) is 0 Å². The van der Waals surface area contributed by atoms with Crippen molar-refractivity contribution in [2.75, 3.05) is 13.1 Å². The molecule has 0 saturated carbocycles. The average Bonchev–Trinajstić information content (AvgIpc) is 2.63. The van der Waals surface area contributed by atoms with E-state index in [1.807, 2.05) is 38.7 Å². The van der Waals surface area contributed by atoms with Crippen LogP contribution in [0.4, 0.5) is 0 Å². The van der Waals surface area contributed by atoms with Gasteiger partial charge in [0, 0.05) is 35.7 Å². The molecule has 2 aromatic heterocycles. The number of rotatable bonds is 3. The van der Waals surface area contributed by atoms with Crippen LogP contribution in [0, 0.1) is 27.7 Å². The second-order valence-corrected chi connectivity index (χ2v) is 5.92.